The first kappa shape index (κ1) is 14.7. The van der Waals surface area contributed by atoms with E-state index in [0.717, 1.165) is 28.3 Å². The minimum absolute atomic E-state index is 0.633. The summed E-state index contributed by atoms with van der Waals surface area (Å²) in [5.41, 5.74) is 5.70. The van der Waals surface area contributed by atoms with Crippen LogP contribution in [0.2, 0.25) is 0 Å². The maximum atomic E-state index is 8.88. The van der Waals surface area contributed by atoms with E-state index in [4.69, 9.17) is 5.26 Å². The quantitative estimate of drug-likeness (QED) is 0.780. The predicted molar refractivity (Wildman–Crippen MR) is 91.4 cm³/mol. The molecule has 1 heterocycles. The van der Waals surface area contributed by atoms with Gasteiger partial charge in [-0.15, -0.1) is 0 Å². The molecule has 0 aliphatic heterocycles. The van der Waals surface area contributed by atoms with Crippen molar-refractivity contribution < 1.29 is 0 Å². The fraction of sp³-hybridized carbons (Fsp3) is 0.105. The van der Waals surface area contributed by atoms with Crippen LogP contribution in [0.4, 0.5) is 11.5 Å². The smallest absolute Gasteiger partial charge is 0.141 e. The Hall–Kier alpha value is -3.19. The lowest BCUT2D eigenvalue weighted by Crippen LogP contribution is -2.00. The number of hydrogen-bond donors (Lipinski definition) is 1. The molecule has 3 rings (SSSR count). The average Bonchev–Trinajstić information content (AvgIpc) is 2.56. The van der Waals surface area contributed by atoms with Crippen LogP contribution in [0.15, 0.2) is 54.9 Å². The first-order valence-corrected chi connectivity index (χ1v) is 7.33. The third-order valence-electron chi connectivity index (χ3n) is 3.62. The van der Waals surface area contributed by atoms with Crippen molar-refractivity contribution in [2.75, 3.05) is 5.32 Å². The van der Waals surface area contributed by atoms with E-state index in [1.54, 1.807) is 18.5 Å². The summed E-state index contributed by atoms with van der Waals surface area (Å²) in [6, 6.07) is 17.7. The average molecular weight is 300 g/mol. The minimum Gasteiger partial charge on any atom is -0.340 e. The molecule has 0 saturated heterocycles. The Morgan fingerprint density at radius 2 is 1.78 bits per heavy atom. The molecule has 0 aliphatic carbocycles. The van der Waals surface area contributed by atoms with Gasteiger partial charge in [-0.1, -0.05) is 29.8 Å². The van der Waals surface area contributed by atoms with E-state index in [1.165, 1.54) is 5.56 Å². The molecular formula is C19H16N4. The lowest BCUT2D eigenvalue weighted by molar-refractivity contribution is 1.11. The van der Waals surface area contributed by atoms with Crippen LogP contribution in [0.25, 0.3) is 11.1 Å². The number of nitrogens with one attached hydrogen (secondary N) is 1. The van der Waals surface area contributed by atoms with Gasteiger partial charge in [-0.3, -0.25) is 0 Å². The maximum Gasteiger partial charge on any atom is 0.141 e. The van der Waals surface area contributed by atoms with Gasteiger partial charge in [0.1, 0.15) is 12.1 Å². The van der Waals surface area contributed by atoms with Crippen molar-refractivity contribution in [3.63, 3.8) is 0 Å². The maximum absolute atomic E-state index is 8.88. The van der Waals surface area contributed by atoms with Crippen LogP contribution in [0.5, 0.6) is 0 Å². The molecule has 0 unspecified atom stereocenters. The Morgan fingerprint density at radius 3 is 2.48 bits per heavy atom. The Morgan fingerprint density at radius 1 is 1.00 bits per heavy atom. The van der Waals surface area contributed by atoms with Crippen molar-refractivity contribution >= 4 is 11.5 Å². The van der Waals surface area contributed by atoms with Crippen LogP contribution in [0.3, 0.4) is 0 Å². The third kappa shape index (κ3) is 3.19. The molecule has 0 spiro atoms. The second-order valence-electron chi connectivity index (χ2n) is 5.37. The number of anilines is 2. The molecule has 112 valence electrons. The largest absolute Gasteiger partial charge is 0.340 e. The number of benzene rings is 2. The fourth-order valence-electron chi connectivity index (χ4n) is 2.48. The molecule has 2 aromatic carbocycles. The Balaban J connectivity index is 2.02. The molecular weight excluding hydrogens is 284 g/mol. The molecule has 3 aromatic rings. The highest BCUT2D eigenvalue weighted by Gasteiger charge is 2.11. The highest BCUT2D eigenvalue weighted by atomic mass is 15.0. The monoisotopic (exact) mass is 300 g/mol. The van der Waals surface area contributed by atoms with E-state index in [1.807, 2.05) is 25.1 Å². The number of hydrogen-bond acceptors (Lipinski definition) is 4. The van der Waals surface area contributed by atoms with Crippen molar-refractivity contribution in [2.45, 2.75) is 13.8 Å². The van der Waals surface area contributed by atoms with Crippen LogP contribution in [0.1, 0.15) is 16.8 Å². The summed E-state index contributed by atoms with van der Waals surface area (Å²) in [6.45, 7) is 4.04. The van der Waals surface area contributed by atoms with Crippen molar-refractivity contribution in [3.05, 3.63) is 71.7 Å². The zero-order chi connectivity index (χ0) is 16.2. The molecule has 0 bridgehead atoms. The second-order valence-corrected chi connectivity index (χ2v) is 5.37. The van der Waals surface area contributed by atoms with E-state index in [0.29, 0.717) is 5.56 Å². The summed E-state index contributed by atoms with van der Waals surface area (Å²) in [5, 5.41) is 12.2. The standard InChI is InChI=1S/C19H16N4/c1-13-4-3-5-16(10-13)18-14(2)21-12-22-19(18)23-17-8-6-15(11-20)7-9-17/h3-10,12H,1-2H3,(H,21,22,23). The van der Waals surface area contributed by atoms with E-state index in [-0.39, 0.29) is 0 Å². The molecule has 0 amide bonds. The molecule has 1 aromatic heterocycles. The normalized spacial score (nSPS) is 10.1. The van der Waals surface area contributed by atoms with Crippen molar-refractivity contribution in [3.8, 4) is 17.2 Å². The molecule has 0 fully saturated rings. The van der Waals surface area contributed by atoms with Gasteiger partial charge in [0.05, 0.1) is 17.3 Å². The lowest BCUT2D eigenvalue weighted by atomic mass is 10.0. The number of aryl methyl sites for hydroxylation is 2. The molecule has 4 heteroatoms. The lowest BCUT2D eigenvalue weighted by Gasteiger charge is -2.13. The molecule has 1 N–H and O–H groups in total. The highest BCUT2D eigenvalue weighted by Crippen LogP contribution is 2.31. The van der Waals surface area contributed by atoms with Crippen molar-refractivity contribution in [1.29, 1.82) is 5.26 Å². The zero-order valence-electron chi connectivity index (χ0n) is 13.0. The van der Waals surface area contributed by atoms with Crippen LogP contribution in [-0.2, 0) is 0 Å². The number of aromatic nitrogens is 2. The Labute approximate surface area is 135 Å². The number of nitrogens with zero attached hydrogens (tertiary/aromatic N) is 3. The zero-order valence-corrected chi connectivity index (χ0v) is 13.0. The first-order chi connectivity index (χ1) is 11.2. The Bertz CT molecular complexity index is 877. The summed E-state index contributed by atoms with van der Waals surface area (Å²) < 4.78 is 0. The van der Waals surface area contributed by atoms with Crippen LogP contribution >= 0.6 is 0 Å². The van der Waals surface area contributed by atoms with Crippen LogP contribution in [0, 0.1) is 25.2 Å². The summed E-state index contributed by atoms with van der Waals surface area (Å²) in [7, 11) is 0. The van der Waals surface area contributed by atoms with E-state index >= 15 is 0 Å². The van der Waals surface area contributed by atoms with Crippen molar-refractivity contribution in [2.24, 2.45) is 0 Å². The molecule has 23 heavy (non-hydrogen) atoms. The molecule has 0 radical (unpaired) electrons. The van der Waals surface area contributed by atoms with Gasteiger partial charge < -0.3 is 5.32 Å². The van der Waals surface area contributed by atoms with Gasteiger partial charge in [-0.2, -0.15) is 5.26 Å². The van der Waals surface area contributed by atoms with Crippen molar-refractivity contribution in [1.82, 2.24) is 9.97 Å². The molecule has 0 aliphatic rings. The van der Waals surface area contributed by atoms with Gasteiger partial charge in [-0.05, 0) is 43.7 Å². The first-order valence-electron chi connectivity index (χ1n) is 7.33. The molecule has 4 nitrogen and oxygen atoms in total. The van der Waals surface area contributed by atoms with E-state index in [2.05, 4.69) is 46.5 Å². The summed E-state index contributed by atoms with van der Waals surface area (Å²) in [4.78, 5) is 8.72. The highest BCUT2D eigenvalue weighted by molar-refractivity contribution is 5.80. The van der Waals surface area contributed by atoms with Gasteiger partial charge in [0.2, 0.25) is 0 Å². The predicted octanol–water partition coefficient (Wildman–Crippen LogP) is 4.38. The Kier molecular flexibility index (Phi) is 4.03. The number of rotatable bonds is 3. The minimum atomic E-state index is 0.633. The van der Waals surface area contributed by atoms with Gasteiger partial charge >= 0.3 is 0 Å². The van der Waals surface area contributed by atoms with Crippen LogP contribution in [-0.4, -0.2) is 9.97 Å². The fourth-order valence-corrected chi connectivity index (χ4v) is 2.48. The van der Waals surface area contributed by atoms with E-state index in [9.17, 15) is 0 Å². The number of nitriles is 1. The molecule has 0 saturated carbocycles. The van der Waals surface area contributed by atoms with Gasteiger partial charge in [0.15, 0.2) is 0 Å². The van der Waals surface area contributed by atoms with Gasteiger partial charge in [-0.25, -0.2) is 9.97 Å². The third-order valence-corrected chi connectivity index (χ3v) is 3.62. The van der Waals surface area contributed by atoms with Crippen LogP contribution < -0.4 is 5.32 Å². The molecule has 0 atom stereocenters. The topological polar surface area (TPSA) is 61.6 Å². The van der Waals surface area contributed by atoms with E-state index < -0.39 is 0 Å². The summed E-state index contributed by atoms with van der Waals surface area (Å²) >= 11 is 0. The summed E-state index contributed by atoms with van der Waals surface area (Å²) in [6.07, 6.45) is 1.56. The SMILES string of the molecule is Cc1cccc(-c2c(C)ncnc2Nc2ccc(C#N)cc2)c1. The van der Waals surface area contributed by atoms with Gasteiger partial charge in [0.25, 0.3) is 0 Å². The summed E-state index contributed by atoms with van der Waals surface area (Å²) in [5.74, 6) is 0.757. The second kappa shape index (κ2) is 6.29. The van der Waals surface area contributed by atoms with Gasteiger partial charge in [0, 0.05) is 11.3 Å².